The lowest BCUT2D eigenvalue weighted by Crippen LogP contribution is -2.43. The Morgan fingerprint density at radius 2 is 1.84 bits per heavy atom. The van der Waals surface area contributed by atoms with Crippen LogP contribution in [0.5, 0.6) is 0 Å². The predicted molar refractivity (Wildman–Crippen MR) is 83.9 cm³/mol. The van der Waals surface area contributed by atoms with Gasteiger partial charge in [-0.25, -0.2) is 0 Å². The van der Waals surface area contributed by atoms with Crippen LogP contribution in [0.2, 0.25) is 0 Å². The van der Waals surface area contributed by atoms with Crippen LogP contribution in [-0.4, -0.2) is 19.1 Å². The maximum absolute atomic E-state index is 3.79. The van der Waals surface area contributed by atoms with E-state index < -0.39 is 0 Å². The summed E-state index contributed by atoms with van der Waals surface area (Å²) in [4.78, 5) is 2.35. The van der Waals surface area contributed by atoms with E-state index in [1.807, 2.05) is 0 Å². The lowest BCUT2D eigenvalue weighted by Gasteiger charge is -2.32. The summed E-state index contributed by atoms with van der Waals surface area (Å²) in [6.07, 6.45) is 4.80. The highest BCUT2D eigenvalue weighted by atomic mass is 15.1. The second kappa shape index (κ2) is 5.96. The van der Waals surface area contributed by atoms with Crippen LogP contribution in [0.25, 0.3) is 0 Å². The summed E-state index contributed by atoms with van der Waals surface area (Å²) >= 11 is 0. The molecule has 1 N–H and O–H groups in total. The zero-order chi connectivity index (χ0) is 13.9. The molecule has 1 heterocycles. The average Bonchev–Trinajstić information content (AvgIpc) is 2.82. The Morgan fingerprint density at radius 1 is 1.16 bits per heavy atom. The van der Waals surface area contributed by atoms with Gasteiger partial charge in [-0.1, -0.05) is 32.9 Å². The van der Waals surface area contributed by atoms with Gasteiger partial charge in [-0.2, -0.15) is 0 Å². The molecule has 0 aromatic heterocycles. The topological polar surface area (TPSA) is 15.3 Å². The van der Waals surface area contributed by atoms with Crippen LogP contribution in [0.3, 0.4) is 0 Å². The van der Waals surface area contributed by atoms with Gasteiger partial charge in [-0.3, -0.25) is 0 Å². The average molecular weight is 260 g/mol. The normalized spacial score (nSPS) is 14.8. The van der Waals surface area contributed by atoms with Gasteiger partial charge in [-0.05, 0) is 42.9 Å². The van der Waals surface area contributed by atoms with Crippen molar-refractivity contribution in [2.75, 3.05) is 18.5 Å². The lowest BCUT2D eigenvalue weighted by atomic mass is 9.89. The first-order chi connectivity index (χ1) is 9.14. The molecule has 0 bridgehead atoms. The third-order valence-electron chi connectivity index (χ3n) is 4.97. The Balaban J connectivity index is 2.04. The van der Waals surface area contributed by atoms with E-state index in [1.54, 1.807) is 0 Å². The maximum Gasteiger partial charge on any atom is 0.0397 e. The molecule has 2 rings (SSSR count). The van der Waals surface area contributed by atoms with E-state index in [0.717, 1.165) is 13.1 Å². The van der Waals surface area contributed by atoms with Crippen molar-refractivity contribution >= 4 is 5.69 Å². The molecule has 1 aliphatic rings. The molecule has 0 spiro atoms. The van der Waals surface area contributed by atoms with Crippen molar-refractivity contribution in [3.8, 4) is 0 Å². The zero-order valence-electron chi connectivity index (χ0n) is 12.9. The molecule has 1 aromatic rings. The maximum atomic E-state index is 3.79. The van der Waals surface area contributed by atoms with Crippen molar-refractivity contribution in [3.05, 3.63) is 29.3 Å². The molecular weight excluding hydrogens is 232 g/mol. The quantitative estimate of drug-likeness (QED) is 0.838. The van der Waals surface area contributed by atoms with Crippen LogP contribution in [0, 0.1) is 0 Å². The standard InChI is InChI=1S/C17H28N2/c1-5-17(6-2,7-3)18-13-14-8-9-16-15(12-14)10-11-19(16)4/h8-9,12,18H,5-7,10-11,13H2,1-4H3. The largest absolute Gasteiger partial charge is 0.374 e. The van der Waals surface area contributed by atoms with E-state index in [9.17, 15) is 0 Å². The SMILES string of the molecule is CCC(CC)(CC)NCc1ccc2c(c1)CCN2C. The second-order valence-electron chi connectivity index (χ2n) is 5.83. The van der Waals surface area contributed by atoms with Gasteiger partial charge in [0.25, 0.3) is 0 Å². The Labute approximate surface area is 118 Å². The first-order valence-corrected chi connectivity index (χ1v) is 7.72. The van der Waals surface area contributed by atoms with Gasteiger partial charge >= 0.3 is 0 Å². The summed E-state index contributed by atoms with van der Waals surface area (Å²) in [5.41, 5.74) is 4.66. The summed E-state index contributed by atoms with van der Waals surface area (Å²) in [5, 5.41) is 3.79. The number of fused-ring (bicyclic) bond motifs is 1. The van der Waals surface area contributed by atoms with Gasteiger partial charge < -0.3 is 10.2 Å². The van der Waals surface area contributed by atoms with Crippen molar-refractivity contribution in [1.82, 2.24) is 5.32 Å². The van der Waals surface area contributed by atoms with Crippen molar-refractivity contribution in [2.45, 2.75) is 58.5 Å². The molecule has 0 radical (unpaired) electrons. The molecule has 0 atom stereocenters. The highest BCUT2D eigenvalue weighted by Crippen LogP contribution is 2.28. The molecule has 0 unspecified atom stereocenters. The van der Waals surface area contributed by atoms with E-state index in [2.05, 4.69) is 56.2 Å². The van der Waals surface area contributed by atoms with E-state index in [0.29, 0.717) is 5.54 Å². The minimum Gasteiger partial charge on any atom is -0.374 e. The summed E-state index contributed by atoms with van der Waals surface area (Å²) in [6, 6.07) is 6.95. The Kier molecular flexibility index (Phi) is 4.51. The molecular formula is C17H28N2. The van der Waals surface area contributed by atoms with Crippen LogP contribution in [-0.2, 0) is 13.0 Å². The molecule has 2 nitrogen and oxygen atoms in total. The fraction of sp³-hybridized carbons (Fsp3) is 0.647. The summed E-state index contributed by atoms with van der Waals surface area (Å²) in [6.45, 7) is 9.02. The number of hydrogen-bond donors (Lipinski definition) is 1. The molecule has 0 saturated carbocycles. The summed E-state index contributed by atoms with van der Waals surface area (Å²) in [7, 11) is 2.18. The van der Waals surface area contributed by atoms with Crippen LogP contribution in [0.15, 0.2) is 18.2 Å². The molecule has 1 aliphatic heterocycles. The predicted octanol–water partition coefficient (Wildman–Crippen LogP) is 3.74. The number of likely N-dealkylation sites (N-methyl/N-ethyl adjacent to an activating group) is 1. The van der Waals surface area contributed by atoms with Crippen molar-refractivity contribution in [1.29, 1.82) is 0 Å². The second-order valence-corrected chi connectivity index (χ2v) is 5.83. The molecule has 19 heavy (non-hydrogen) atoms. The summed E-state index contributed by atoms with van der Waals surface area (Å²) < 4.78 is 0. The first kappa shape index (κ1) is 14.4. The molecule has 2 heteroatoms. The summed E-state index contributed by atoms with van der Waals surface area (Å²) in [5.74, 6) is 0. The third-order valence-corrected chi connectivity index (χ3v) is 4.97. The molecule has 0 aliphatic carbocycles. The number of rotatable bonds is 6. The van der Waals surface area contributed by atoms with Gasteiger partial charge in [0.05, 0.1) is 0 Å². The Bertz CT molecular complexity index is 413. The van der Waals surface area contributed by atoms with Crippen LogP contribution >= 0.6 is 0 Å². The Morgan fingerprint density at radius 3 is 2.47 bits per heavy atom. The van der Waals surface area contributed by atoms with E-state index in [4.69, 9.17) is 0 Å². The van der Waals surface area contributed by atoms with Crippen molar-refractivity contribution in [3.63, 3.8) is 0 Å². The molecule has 0 amide bonds. The van der Waals surface area contributed by atoms with Crippen LogP contribution in [0.4, 0.5) is 5.69 Å². The van der Waals surface area contributed by atoms with Crippen molar-refractivity contribution < 1.29 is 0 Å². The third kappa shape index (κ3) is 2.94. The monoisotopic (exact) mass is 260 g/mol. The minimum atomic E-state index is 0.315. The lowest BCUT2D eigenvalue weighted by molar-refractivity contribution is 0.288. The number of anilines is 1. The molecule has 106 valence electrons. The van der Waals surface area contributed by atoms with Crippen LogP contribution < -0.4 is 10.2 Å². The van der Waals surface area contributed by atoms with Gasteiger partial charge in [0.2, 0.25) is 0 Å². The van der Waals surface area contributed by atoms with Gasteiger partial charge in [-0.15, -0.1) is 0 Å². The molecule has 0 saturated heterocycles. The van der Waals surface area contributed by atoms with Gasteiger partial charge in [0.1, 0.15) is 0 Å². The fourth-order valence-corrected chi connectivity index (χ4v) is 3.14. The molecule has 1 aromatic carbocycles. The number of nitrogens with zero attached hydrogens (tertiary/aromatic N) is 1. The smallest absolute Gasteiger partial charge is 0.0397 e. The Hall–Kier alpha value is -1.02. The van der Waals surface area contributed by atoms with E-state index >= 15 is 0 Å². The minimum absolute atomic E-state index is 0.315. The zero-order valence-corrected chi connectivity index (χ0v) is 12.9. The number of hydrogen-bond acceptors (Lipinski definition) is 2. The van der Waals surface area contributed by atoms with E-state index in [1.165, 1.54) is 42.5 Å². The molecule has 0 fully saturated rings. The highest BCUT2D eigenvalue weighted by Gasteiger charge is 2.23. The number of nitrogens with one attached hydrogen (secondary N) is 1. The van der Waals surface area contributed by atoms with Gasteiger partial charge in [0.15, 0.2) is 0 Å². The first-order valence-electron chi connectivity index (χ1n) is 7.72. The number of benzene rings is 1. The van der Waals surface area contributed by atoms with Gasteiger partial charge in [0, 0.05) is 31.4 Å². The fourth-order valence-electron chi connectivity index (χ4n) is 3.14. The van der Waals surface area contributed by atoms with Crippen LogP contribution in [0.1, 0.15) is 51.2 Å². The highest BCUT2D eigenvalue weighted by molar-refractivity contribution is 5.58. The van der Waals surface area contributed by atoms with E-state index in [-0.39, 0.29) is 0 Å². The van der Waals surface area contributed by atoms with Crippen molar-refractivity contribution in [2.24, 2.45) is 0 Å².